The first-order chi connectivity index (χ1) is 9.30. The van der Waals surface area contributed by atoms with Gasteiger partial charge in [-0.2, -0.15) is 0 Å². The Kier molecular flexibility index (Phi) is 3.42. The van der Waals surface area contributed by atoms with Crippen LogP contribution in [0.15, 0.2) is 34.5 Å². The summed E-state index contributed by atoms with van der Waals surface area (Å²) in [5.41, 5.74) is -5.17. The largest absolute Gasteiger partial charge is 0.394 e. The molecule has 0 aliphatic carbocycles. The molecule has 1 aliphatic rings. The van der Waals surface area contributed by atoms with E-state index in [0.29, 0.717) is 0 Å². The van der Waals surface area contributed by atoms with E-state index in [2.05, 4.69) is 6.58 Å². The Labute approximate surface area is 113 Å². The van der Waals surface area contributed by atoms with E-state index in [4.69, 9.17) is 4.74 Å². The topological polar surface area (TPSA) is 125 Å². The second-order valence-electron chi connectivity index (χ2n) is 4.81. The Balaban J connectivity index is 2.68. The number of nitrogens with zero attached hydrogens (tertiary/aromatic N) is 1. The molecule has 8 heteroatoms. The molecule has 110 valence electrons. The first-order valence-electron chi connectivity index (χ1n) is 5.95. The number of aliphatic hydroxyl groups excluding tert-OH is 2. The van der Waals surface area contributed by atoms with E-state index in [9.17, 15) is 24.9 Å². The van der Waals surface area contributed by atoms with E-state index in [1.165, 1.54) is 6.92 Å². The predicted molar refractivity (Wildman–Crippen MR) is 68.1 cm³/mol. The normalized spacial score (nSPS) is 37.0. The van der Waals surface area contributed by atoms with Crippen molar-refractivity contribution < 1.29 is 20.1 Å². The molecule has 4 atom stereocenters. The summed E-state index contributed by atoms with van der Waals surface area (Å²) < 4.78 is 6.37. The van der Waals surface area contributed by atoms with Gasteiger partial charge in [-0.1, -0.05) is 6.58 Å². The second kappa shape index (κ2) is 4.67. The number of hydrogen-bond donors (Lipinski definition) is 4. The van der Waals surface area contributed by atoms with Crippen LogP contribution in [0.5, 0.6) is 0 Å². The number of aromatic nitrogens is 2. The van der Waals surface area contributed by atoms with Crippen molar-refractivity contribution >= 4 is 0 Å². The SMILES string of the molecule is C=C[C@@]1(n2ccc(=O)[nH]c2=O)O[C@H](CO)[C@@H](O)[C@@]1(C)O. The third kappa shape index (κ3) is 1.77. The molecule has 8 nitrogen and oxygen atoms in total. The fraction of sp³-hybridized carbons (Fsp3) is 0.500. The molecule has 1 aromatic rings. The molecule has 1 aliphatic heterocycles. The van der Waals surface area contributed by atoms with Gasteiger partial charge in [0, 0.05) is 12.3 Å². The van der Waals surface area contributed by atoms with Crippen molar-refractivity contribution in [3.8, 4) is 0 Å². The van der Waals surface area contributed by atoms with Gasteiger partial charge in [-0.15, -0.1) is 0 Å². The third-order valence-electron chi connectivity index (χ3n) is 3.62. The molecule has 0 spiro atoms. The Morgan fingerprint density at radius 2 is 2.25 bits per heavy atom. The summed E-state index contributed by atoms with van der Waals surface area (Å²) in [4.78, 5) is 25.0. The maximum atomic E-state index is 11.9. The van der Waals surface area contributed by atoms with Crippen LogP contribution in [0.2, 0.25) is 0 Å². The lowest BCUT2D eigenvalue weighted by atomic mass is 9.87. The molecule has 20 heavy (non-hydrogen) atoms. The van der Waals surface area contributed by atoms with Crippen molar-refractivity contribution in [2.75, 3.05) is 6.61 Å². The molecule has 1 aromatic heterocycles. The third-order valence-corrected chi connectivity index (χ3v) is 3.62. The maximum absolute atomic E-state index is 11.9. The molecule has 0 radical (unpaired) electrons. The summed E-state index contributed by atoms with van der Waals surface area (Å²) in [5, 5.41) is 29.7. The molecular weight excluding hydrogens is 268 g/mol. The number of H-pyrrole nitrogens is 1. The fourth-order valence-corrected chi connectivity index (χ4v) is 2.46. The highest BCUT2D eigenvalue weighted by molar-refractivity contribution is 5.16. The number of nitrogens with one attached hydrogen (secondary N) is 1. The van der Waals surface area contributed by atoms with Crippen LogP contribution in [0.4, 0.5) is 0 Å². The van der Waals surface area contributed by atoms with Crippen molar-refractivity contribution in [2.45, 2.75) is 30.5 Å². The number of aliphatic hydroxyl groups is 3. The number of aromatic amines is 1. The highest BCUT2D eigenvalue weighted by Gasteiger charge is 2.62. The standard InChI is InChI=1S/C12H16N2O6/c1-3-12(14-5-4-8(16)13-10(14)18)11(2,19)9(17)7(6-15)20-12/h3-5,7,9,15,17,19H,1,6H2,2H3,(H,13,16,18)/t7-,9-,11-,12-/m1/s1. The number of rotatable bonds is 3. The summed E-state index contributed by atoms with van der Waals surface area (Å²) in [6, 6.07) is 1.07. The van der Waals surface area contributed by atoms with E-state index < -0.39 is 41.4 Å². The highest BCUT2D eigenvalue weighted by atomic mass is 16.6. The molecule has 2 rings (SSSR count). The van der Waals surface area contributed by atoms with Gasteiger partial charge in [0.05, 0.1) is 6.61 Å². The Morgan fingerprint density at radius 3 is 2.70 bits per heavy atom. The minimum Gasteiger partial charge on any atom is -0.394 e. The average Bonchev–Trinajstić information content (AvgIpc) is 2.59. The molecule has 4 N–H and O–H groups in total. The smallest absolute Gasteiger partial charge is 0.331 e. The zero-order valence-electron chi connectivity index (χ0n) is 10.8. The van der Waals surface area contributed by atoms with Gasteiger partial charge < -0.3 is 20.1 Å². The predicted octanol–water partition coefficient (Wildman–Crippen LogP) is -2.12. The zero-order chi connectivity index (χ0) is 15.1. The monoisotopic (exact) mass is 284 g/mol. The highest BCUT2D eigenvalue weighted by Crippen LogP contribution is 2.43. The molecule has 0 aromatic carbocycles. The van der Waals surface area contributed by atoms with Gasteiger partial charge in [-0.3, -0.25) is 14.3 Å². The minimum absolute atomic E-state index is 0.551. The first kappa shape index (κ1) is 14.7. The summed E-state index contributed by atoms with van der Waals surface area (Å²) >= 11 is 0. The molecular formula is C12H16N2O6. The molecule has 0 unspecified atom stereocenters. The minimum atomic E-state index is -1.93. The maximum Gasteiger partial charge on any atom is 0.331 e. The van der Waals surface area contributed by atoms with Crippen molar-refractivity contribution in [1.82, 2.24) is 9.55 Å². The molecule has 0 amide bonds. The van der Waals surface area contributed by atoms with Crippen molar-refractivity contribution in [3.05, 3.63) is 45.8 Å². The Bertz CT molecular complexity index is 633. The fourth-order valence-electron chi connectivity index (χ4n) is 2.46. The molecule has 1 fully saturated rings. The van der Waals surface area contributed by atoms with Gasteiger partial charge in [-0.25, -0.2) is 4.79 Å². The summed E-state index contributed by atoms with van der Waals surface area (Å²) in [7, 11) is 0. The van der Waals surface area contributed by atoms with E-state index in [1.54, 1.807) is 0 Å². The zero-order valence-corrected chi connectivity index (χ0v) is 10.8. The van der Waals surface area contributed by atoms with Gasteiger partial charge in [-0.05, 0) is 13.0 Å². The molecule has 1 saturated heterocycles. The van der Waals surface area contributed by atoms with E-state index in [0.717, 1.165) is 22.9 Å². The van der Waals surface area contributed by atoms with Crippen LogP contribution in [-0.4, -0.2) is 49.3 Å². The van der Waals surface area contributed by atoms with Gasteiger partial charge >= 0.3 is 5.69 Å². The molecule has 2 heterocycles. The average molecular weight is 284 g/mol. The van der Waals surface area contributed by atoms with Gasteiger partial charge in [0.15, 0.2) is 5.72 Å². The van der Waals surface area contributed by atoms with Crippen LogP contribution in [0.1, 0.15) is 6.92 Å². The van der Waals surface area contributed by atoms with Crippen LogP contribution in [0.3, 0.4) is 0 Å². The first-order valence-corrected chi connectivity index (χ1v) is 5.95. The van der Waals surface area contributed by atoms with Crippen LogP contribution in [0.25, 0.3) is 0 Å². The van der Waals surface area contributed by atoms with Crippen LogP contribution < -0.4 is 11.2 Å². The van der Waals surface area contributed by atoms with Crippen molar-refractivity contribution in [1.29, 1.82) is 0 Å². The van der Waals surface area contributed by atoms with Gasteiger partial charge in [0.1, 0.15) is 17.8 Å². The summed E-state index contributed by atoms with van der Waals surface area (Å²) in [5.74, 6) is 0. The van der Waals surface area contributed by atoms with E-state index in [1.807, 2.05) is 4.98 Å². The quantitative estimate of drug-likeness (QED) is 0.470. The van der Waals surface area contributed by atoms with Gasteiger partial charge in [0.25, 0.3) is 5.56 Å². The van der Waals surface area contributed by atoms with Crippen molar-refractivity contribution in [2.24, 2.45) is 0 Å². The van der Waals surface area contributed by atoms with Crippen LogP contribution in [-0.2, 0) is 10.5 Å². The molecule has 0 saturated carbocycles. The second-order valence-corrected chi connectivity index (χ2v) is 4.81. The van der Waals surface area contributed by atoms with Crippen LogP contribution >= 0.6 is 0 Å². The molecule has 0 bridgehead atoms. The van der Waals surface area contributed by atoms with E-state index in [-0.39, 0.29) is 0 Å². The van der Waals surface area contributed by atoms with Crippen LogP contribution in [0, 0.1) is 0 Å². The lowest BCUT2D eigenvalue weighted by Crippen LogP contribution is -2.57. The number of ether oxygens (including phenoxy) is 1. The lowest BCUT2D eigenvalue weighted by molar-refractivity contribution is -0.157. The van der Waals surface area contributed by atoms with Gasteiger partial charge in [0.2, 0.25) is 0 Å². The summed E-state index contributed by atoms with van der Waals surface area (Å²) in [6.07, 6.45) is -0.263. The lowest BCUT2D eigenvalue weighted by Gasteiger charge is -2.37. The Hall–Kier alpha value is -1.74. The van der Waals surface area contributed by atoms with E-state index >= 15 is 0 Å². The number of hydrogen-bond acceptors (Lipinski definition) is 6. The Morgan fingerprint density at radius 1 is 1.60 bits per heavy atom. The summed E-state index contributed by atoms with van der Waals surface area (Å²) in [6.45, 7) is 4.23. The van der Waals surface area contributed by atoms with Crippen molar-refractivity contribution in [3.63, 3.8) is 0 Å².